The maximum absolute atomic E-state index is 13.3. The number of nitrogens with zero attached hydrogens (tertiary/aromatic N) is 4. The topological polar surface area (TPSA) is 85.2 Å². The Labute approximate surface area is 205 Å². The third-order valence-corrected chi connectivity index (χ3v) is 8.87. The standard InChI is InChI=1S/C25H30N4O3S2/c1-4-19(3)28(22-13-14-34(31,32)17-22)23(30)16-33-25-27-26-24(20-10-8-9-18(2)15-20)29(25)21-11-6-5-7-12-21/h5-12,15,19,22H,4,13-14,16-17H2,1-3H3. The lowest BCUT2D eigenvalue weighted by Gasteiger charge is -2.33. The van der Waals surface area contributed by atoms with Crippen LogP contribution in [0.1, 0.15) is 32.3 Å². The van der Waals surface area contributed by atoms with E-state index >= 15 is 0 Å². The van der Waals surface area contributed by atoms with Crippen molar-refractivity contribution in [2.45, 2.75) is 50.9 Å². The van der Waals surface area contributed by atoms with Gasteiger partial charge in [0.05, 0.1) is 17.3 Å². The van der Waals surface area contributed by atoms with Crippen molar-refractivity contribution in [2.75, 3.05) is 17.3 Å². The first kappa shape index (κ1) is 24.5. The van der Waals surface area contributed by atoms with E-state index < -0.39 is 9.84 Å². The van der Waals surface area contributed by atoms with Gasteiger partial charge in [0.2, 0.25) is 5.91 Å². The van der Waals surface area contributed by atoms with E-state index in [-0.39, 0.29) is 35.2 Å². The summed E-state index contributed by atoms with van der Waals surface area (Å²) in [6, 6.07) is 17.7. The molecule has 1 amide bonds. The summed E-state index contributed by atoms with van der Waals surface area (Å²) in [6.45, 7) is 6.03. The number of carbonyl (C=O) groups is 1. The fourth-order valence-electron chi connectivity index (χ4n) is 4.35. The molecule has 1 aliphatic heterocycles. The number of benzene rings is 2. The van der Waals surface area contributed by atoms with E-state index in [0.29, 0.717) is 17.4 Å². The predicted octanol–water partition coefficient (Wildman–Crippen LogP) is 4.15. The molecule has 0 saturated carbocycles. The number of para-hydroxylation sites is 1. The highest BCUT2D eigenvalue weighted by Crippen LogP contribution is 2.29. The monoisotopic (exact) mass is 498 g/mol. The second kappa shape index (κ2) is 10.3. The summed E-state index contributed by atoms with van der Waals surface area (Å²) in [5, 5.41) is 9.51. The molecule has 0 aliphatic carbocycles. The van der Waals surface area contributed by atoms with Gasteiger partial charge in [0.15, 0.2) is 20.8 Å². The van der Waals surface area contributed by atoms with Crippen molar-refractivity contribution in [1.82, 2.24) is 19.7 Å². The molecule has 1 fully saturated rings. The van der Waals surface area contributed by atoms with E-state index in [0.717, 1.165) is 23.2 Å². The Morgan fingerprint density at radius 1 is 1.18 bits per heavy atom. The van der Waals surface area contributed by atoms with E-state index in [1.165, 1.54) is 11.8 Å². The fourth-order valence-corrected chi connectivity index (χ4v) is 6.88. The van der Waals surface area contributed by atoms with Crippen LogP contribution in [0.15, 0.2) is 59.8 Å². The van der Waals surface area contributed by atoms with Gasteiger partial charge in [-0.25, -0.2) is 8.42 Å². The van der Waals surface area contributed by atoms with Crippen LogP contribution < -0.4 is 0 Å². The van der Waals surface area contributed by atoms with Crippen LogP contribution in [0.5, 0.6) is 0 Å². The first-order chi connectivity index (χ1) is 16.3. The Balaban J connectivity index is 1.62. The van der Waals surface area contributed by atoms with Crippen LogP contribution in [-0.2, 0) is 14.6 Å². The molecule has 9 heteroatoms. The van der Waals surface area contributed by atoms with Crippen molar-refractivity contribution in [2.24, 2.45) is 0 Å². The summed E-state index contributed by atoms with van der Waals surface area (Å²) in [4.78, 5) is 15.1. The molecule has 0 radical (unpaired) electrons. The van der Waals surface area contributed by atoms with Gasteiger partial charge >= 0.3 is 0 Å². The molecule has 0 spiro atoms. The average molecular weight is 499 g/mol. The zero-order valence-corrected chi connectivity index (χ0v) is 21.3. The van der Waals surface area contributed by atoms with Gasteiger partial charge in [0.1, 0.15) is 0 Å². The molecule has 0 N–H and O–H groups in total. The molecule has 2 aromatic carbocycles. The number of amides is 1. The smallest absolute Gasteiger partial charge is 0.233 e. The fraction of sp³-hybridized carbons (Fsp3) is 0.400. The highest BCUT2D eigenvalue weighted by Gasteiger charge is 2.36. The minimum Gasteiger partial charge on any atom is -0.335 e. The van der Waals surface area contributed by atoms with Crippen molar-refractivity contribution < 1.29 is 13.2 Å². The van der Waals surface area contributed by atoms with Crippen molar-refractivity contribution in [3.05, 3.63) is 60.2 Å². The number of sulfone groups is 1. The molecular weight excluding hydrogens is 468 g/mol. The zero-order valence-electron chi connectivity index (χ0n) is 19.7. The quantitative estimate of drug-likeness (QED) is 0.434. The van der Waals surface area contributed by atoms with Gasteiger partial charge in [-0.3, -0.25) is 9.36 Å². The minimum atomic E-state index is -3.08. The number of hydrogen-bond acceptors (Lipinski definition) is 6. The number of thioether (sulfide) groups is 1. The molecule has 1 saturated heterocycles. The predicted molar refractivity (Wildman–Crippen MR) is 136 cm³/mol. The number of carbonyl (C=O) groups excluding carboxylic acids is 1. The maximum atomic E-state index is 13.3. The average Bonchev–Trinajstić information content (AvgIpc) is 3.41. The normalized spacial score (nSPS) is 18.0. The largest absolute Gasteiger partial charge is 0.335 e. The van der Waals surface area contributed by atoms with Gasteiger partial charge in [0, 0.05) is 23.3 Å². The molecule has 2 unspecified atom stereocenters. The van der Waals surface area contributed by atoms with E-state index in [4.69, 9.17) is 0 Å². The third kappa shape index (κ3) is 5.36. The van der Waals surface area contributed by atoms with Crippen LogP contribution in [-0.4, -0.2) is 63.3 Å². The minimum absolute atomic E-state index is 0.0266. The molecular formula is C25H30N4O3S2. The Hall–Kier alpha value is -2.65. The lowest BCUT2D eigenvalue weighted by atomic mass is 10.1. The Kier molecular flexibility index (Phi) is 7.42. The van der Waals surface area contributed by atoms with Crippen molar-refractivity contribution >= 4 is 27.5 Å². The van der Waals surface area contributed by atoms with Crippen LogP contribution in [0.2, 0.25) is 0 Å². The van der Waals surface area contributed by atoms with E-state index in [1.54, 1.807) is 4.90 Å². The molecule has 1 aliphatic rings. The molecule has 0 bridgehead atoms. The van der Waals surface area contributed by atoms with Gasteiger partial charge in [0.25, 0.3) is 0 Å². The number of aromatic nitrogens is 3. The second-order valence-corrected chi connectivity index (χ2v) is 11.9. The molecule has 1 aromatic heterocycles. The first-order valence-corrected chi connectivity index (χ1v) is 14.3. The Bertz CT molecular complexity index is 1260. The van der Waals surface area contributed by atoms with Crippen LogP contribution >= 0.6 is 11.8 Å². The lowest BCUT2D eigenvalue weighted by Crippen LogP contribution is -2.47. The van der Waals surface area contributed by atoms with Gasteiger partial charge in [-0.1, -0.05) is 60.6 Å². The van der Waals surface area contributed by atoms with Crippen LogP contribution in [0.3, 0.4) is 0 Å². The van der Waals surface area contributed by atoms with E-state index in [9.17, 15) is 13.2 Å². The highest BCUT2D eigenvalue weighted by atomic mass is 32.2. The first-order valence-electron chi connectivity index (χ1n) is 11.5. The van der Waals surface area contributed by atoms with Crippen molar-refractivity contribution in [1.29, 1.82) is 0 Å². The second-order valence-electron chi connectivity index (χ2n) is 8.75. The van der Waals surface area contributed by atoms with E-state index in [1.807, 2.05) is 73.9 Å². The molecule has 7 nitrogen and oxygen atoms in total. The highest BCUT2D eigenvalue weighted by molar-refractivity contribution is 7.99. The lowest BCUT2D eigenvalue weighted by molar-refractivity contribution is -0.132. The van der Waals surface area contributed by atoms with Gasteiger partial charge < -0.3 is 4.90 Å². The van der Waals surface area contributed by atoms with Crippen LogP contribution in [0.4, 0.5) is 0 Å². The van der Waals surface area contributed by atoms with Crippen LogP contribution in [0, 0.1) is 6.92 Å². The number of hydrogen-bond donors (Lipinski definition) is 0. The zero-order chi connectivity index (χ0) is 24.3. The van der Waals surface area contributed by atoms with Gasteiger partial charge in [-0.05, 0) is 44.9 Å². The summed E-state index contributed by atoms with van der Waals surface area (Å²) < 4.78 is 26.1. The molecule has 2 heterocycles. The maximum Gasteiger partial charge on any atom is 0.233 e. The van der Waals surface area contributed by atoms with Gasteiger partial charge in [-0.15, -0.1) is 10.2 Å². The summed E-state index contributed by atoms with van der Waals surface area (Å²) in [7, 11) is -3.08. The summed E-state index contributed by atoms with van der Waals surface area (Å²) in [6.07, 6.45) is 1.27. The SMILES string of the molecule is CCC(C)N(C(=O)CSc1nnc(-c2cccc(C)c2)n1-c1ccccc1)C1CCS(=O)(=O)C1. The Morgan fingerprint density at radius 3 is 2.59 bits per heavy atom. The van der Waals surface area contributed by atoms with Crippen molar-refractivity contribution in [3.8, 4) is 17.1 Å². The molecule has 180 valence electrons. The van der Waals surface area contributed by atoms with E-state index in [2.05, 4.69) is 16.3 Å². The number of aryl methyl sites for hydroxylation is 1. The molecule has 3 aromatic rings. The van der Waals surface area contributed by atoms with Crippen LogP contribution in [0.25, 0.3) is 17.1 Å². The number of rotatable bonds is 8. The third-order valence-electron chi connectivity index (χ3n) is 6.20. The summed E-state index contributed by atoms with van der Waals surface area (Å²) in [5.41, 5.74) is 2.99. The Morgan fingerprint density at radius 2 is 1.94 bits per heavy atom. The summed E-state index contributed by atoms with van der Waals surface area (Å²) >= 11 is 1.33. The molecule has 2 atom stereocenters. The van der Waals surface area contributed by atoms with Crippen molar-refractivity contribution in [3.63, 3.8) is 0 Å². The molecule has 4 rings (SSSR count). The van der Waals surface area contributed by atoms with Gasteiger partial charge in [-0.2, -0.15) is 0 Å². The summed E-state index contributed by atoms with van der Waals surface area (Å²) in [5.74, 6) is 1.00. The molecule has 34 heavy (non-hydrogen) atoms.